The zero-order valence-electron chi connectivity index (χ0n) is 9.88. The molecular weight excluding hydrogens is 263 g/mol. The Bertz CT molecular complexity index is 529. The normalized spacial score (nSPS) is 10.3. The van der Waals surface area contributed by atoms with Crippen LogP contribution in [0.2, 0.25) is 0 Å². The molecule has 0 spiro atoms. The van der Waals surface area contributed by atoms with Crippen LogP contribution >= 0.6 is 0 Å². The number of rotatable bonds is 2. The van der Waals surface area contributed by atoms with Crippen LogP contribution in [0.1, 0.15) is 12.0 Å². The third-order valence-corrected chi connectivity index (χ3v) is 1.94. The van der Waals surface area contributed by atoms with Crippen LogP contribution in [0.25, 0.3) is 0 Å². The van der Waals surface area contributed by atoms with Crippen LogP contribution in [0.4, 0.5) is 18.9 Å². The number of esters is 1. The van der Waals surface area contributed by atoms with Crippen molar-refractivity contribution in [2.75, 3.05) is 12.8 Å². The molecule has 19 heavy (non-hydrogen) atoms. The Morgan fingerprint density at radius 3 is 2.68 bits per heavy atom. The van der Waals surface area contributed by atoms with Crippen LogP contribution in [0.3, 0.4) is 0 Å². The molecule has 4 nitrogen and oxygen atoms in total. The number of carbonyl (C=O) groups is 1. The summed E-state index contributed by atoms with van der Waals surface area (Å²) in [4.78, 5) is 10.8. The number of hydrogen-bond donors (Lipinski definition) is 1. The molecule has 1 aromatic carbocycles. The van der Waals surface area contributed by atoms with E-state index < -0.39 is 18.1 Å². The van der Waals surface area contributed by atoms with Crippen molar-refractivity contribution in [3.63, 3.8) is 0 Å². The lowest BCUT2D eigenvalue weighted by atomic mass is 10.1. The molecule has 0 aliphatic heterocycles. The maximum Gasteiger partial charge on any atom is 0.573 e. The second-order valence-corrected chi connectivity index (χ2v) is 3.35. The molecule has 1 aromatic rings. The van der Waals surface area contributed by atoms with Crippen LogP contribution in [0, 0.1) is 11.8 Å². The highest BCUT2D eigenvalue weighted by Gasteiger charge is 2.31. The summed E-state index contributed by atoms with van der Waals surface area (Å²) >= 11 is 0. The third kappa shape index (κ3) is 5.21. The van der Waals surface area contributed by atoms with Crippen LogP contribution < -0.4 is 10.5 Å². The van der Waals surface area contributed by atoms with Gasteiger partial charge in [-0.05, 0) is 18.2 Å². The van der Waals surface area contributed by atoms with Gasteiger partial charge in [-0.3, -0.25) is 4.79 Å². The number of nitrogen functional groups attached to an aromatic ring is 1. The summed E-state index contributed by atoms with van der Waals surface area (Å²) < 4.78 is 44.2. The molecule has 0 unspecified atom stereocenters. The number of nitrogens with two attached hydrogens (primary N) is 1. The largest absolute Gasteiger partial charge is 0.573 e. The minimum atomic E-state index is -4.78. The second kappa shape index (κ2) is 6.00. The lowest BCUT2D eigenvalue weighted by molar-refractivity contribution is -0.274. The second-order valence-electron chi connectivity index (χ2n) is 3.35. The number of hydrogen-bond acceptors (Lipinski definition) is 4. The molecule has 102 valence electrons. The molecule has 1 rings (SSSR count). The van der Waals surface area contributed by atoms with Gasteiger partial charge in [-0.25, -0.2) is 0 Å². The highest BCUT2D eigenvalue weighted by Crippen LogP contribution is 2.25. The van der Waals surface area contributed by atoms with E-state index in [0.29, 0.717) is 0 Å². The van der Waals surface area contributed by atoms with Gasteiger partial charge in [0.1, 0.15) is 12.2 Å². The van der Waals surface area contributed by atoms with E-state index in [2.05, 4.69) is 21.3 Å². The Balaban J connectivity index is 2.88. The lowest BCUT2D eigenvalue weighted by Gasteiger charge is -2.09. The fraction of sp³-hybridized carbons (Fsp3) is 0.250. The molecule has 0 bridgehead atoms. The van der Waals surface area contributed by atoms with Gasteiger partial charge in [0.2, 0.25) is 0 Å². The van der Waals surface area contributed by atoms with Gasteiger partial charge in [0.15, 0.2) is 0 Å². The smallest absolute Gasteiger partial charge is 0.468 e. The Morgan fingerprint density at radius 2 is 2.11 bits per heavy atom. The summed E-state index contributed by atoms with van der Waals surface area (Å²) in [5.41, 5.74) is 5.88. The van der Waals surface area contributed by atoms with Gasteiger partial charge in [-0.2, -0.15) is 0 Å². The highest BCUT2D eigenvalue weighted by molar-refractivity contribution is 5.72. The van der Waals surface area contributed by atoms with Gasteiger partial charge >= 0.3 is 12.3 Å². The maximum absolute atomic E-state index is 12.0. The molecule has 0 heterocycles. The van der Waals surface area contributed by atoms with E-state index in [4.69, 9.17) is 5.73 Å². The number of carbonyl (C=O) groups excluding carboxylic acids is 1. The number of anilines is 1. The molecule has 0 saturated heterocycles. The Morgan fingerprint density at radius 1 is 1.42 bits per heavy atom. The summed E-state index contributed by atoms with van der Waals surface area (Å²) in [5, 5.41) is 0. The molecular formula is C12H10F3NO3. The first kappa shape index (κ1) is 14.7. The molecule has 0 aromatic heterocycles. The van der Waals surface area contributed by atoms with Gasteiger partial charge in [-0.1, -0.05) is 11.8 Å². The maximum atomic E-state index is 12.0. The molecule has 0 fully saturated rings. The minimum Gasteiger partial charge on any atom is -0.468 e. The van der Waals surface area contributed by atoms with E-state index in [1.807, 2.05) is 0 Å². The van der Waals surface area contributed by atoms with Gasteiger partial charge in [0.25, 0.3) is 0 Å². The zero-order chi connectivity index (χ0) is 14.5. The van der Waals surface area contributed by atoms with Gasteiger partial charge in [0.05, 0.1) is 12.7 Å². The van der Waals surface area contributed by atoms with E-state index in [1.54, 1.807) is 0 Å². The first-order valence-corrected chi connectivity index (χ1v) is 5.03. The fourth-order valence-electron chi connectivity index (χ4n) is 1.12. The van der Waals surface area contributed by atoms with E-state index in [-0.39, 0.29) is 17.7 Å². The van der Waals surface area contributed by atoms with Crippen molar-refractivity contribution < 1.29 is 27.4 Å². The van der Waals surface area contributed by atoms with Gasteiger partial charge < -0.3 is 15.2 Å². The van der Waals surface area contributed by atoms with Gasteiger partial charge in [0, 0.05) is 5.69 Å². The third-order valence-electron chi connectivity index (χ3n) is 1.94. The molecule has 0 atom stereocenters. The molecule has 0 aliphatic carbocycles. The van der Waals surface area contributed by atoms with Crippen molar-refractivity contribution in [2.45, 2.75) is 12.8 Å². The van der Waals surface area contributed by atoms with Crippen LogP contribution in [0.5, 0.6) is 5.75 Å². The van der Waals surface area contributed by atoms with Crippen LogP contribution in [-0.2, 0) is 9.53 Å². The standard InChI is InChI=1S/C12H10F3NO3/c1-18-11(17)4-2-3-8-7-9(5-6-10(8)16)19-12(13,14)15/h5-7H,4,16H2,1H3. The van der Waals surface area contributed by atoms with Gasteiger partial charge in [-0.15, -0.1) is 13.2 Å². The van der Waals surface area contributed by atoms with Crippen molar-refractivity contribution in [1.29, 1.82) is 0 Å². The summed E-state index contributed by atoms with van der Waals surface area (Å²) in [6.07, 6.45) is -4.97. The molecule has 0 amide bonds. The number of halogens is 3. The SMILES string of the molecule is COC(=O)CC#Cc1cc(OC(F)(F)F)ccc1N. The lowest BCUT2D eigenvalue weighted by Crippen LogP contribution is -2.17. The van der Waals surface area contributed by atoms with Crippen LogP contribution in [0.15, 0.2) is 18.2 Å². The highest BCUT2D eigenvalue weighted by atomic mass is 19.4. The first-order chi connectivity index (χ1) is 8.81. The average Bonchev–Trinajstić information content (AvgIpc) is 2.31. The molecule has 7 heteroatoms. The summed E-state index contributed by atoms with van der Waals surface area (Å²) in [6, 6.07) is 3.37. The van der Waals surface area contributed by atoms with E-state index in [0.717, 1.165) is 12.1 Å². The van der Waals surface area contributed by atoms with Crippen molar-refractivity contribution in [2.24, 2.45) is 0 Å². The number of benzene rings is 1. The Labute approximate surface area is 107 Å². The van der Waals surface area contributed by atoms with Crippen molar-refractivity contribution in [1.82, 2.24) is 0 Å². The van der Waals surface area contributed by atoms with Crippen molar-refractivity contribution in [3.8, 4) is 17.6 Å². The summed E-state index contributed by atoms with van der Waals surface area (Å²) in [6.45, 7) is 0. The minimum absolute atomic E-state index is 0.144. The van der Waals surface area contributed by atoms with Crippen LogP contribution in [-0.4, -0.2) is 19.4 Å². The molecule has 0 saturated carbocycles. The number of alkyl halides is 3. The summed E-state index contributed by atoms with van der Waals surface area (Å²) in [5.74, 6) is 3.95. The Kier molecular flexibility index (Phi) is 4.64. The quantitative estimate of drug-likeness (QED) is 0.509. The molecule has 2 N–H and O–H groups in total. The van der Waals surface area contributed by atoms with E-state index in [1.165, 1.54) is 13.2 Å². The Hall–Kier alpha value is -2.36. The topological polar surface area (TPSA) is 61.5 Å². The predicted octanol–water partition coefficient (Wildman–Crippen LogP) is 2.08. The monoisotopic (exact) mass is 273 g/mol. The molecule has 0 radical (unpaired) electrons. The predicted molar refractivity (Wildman–Crippen MR) is 61.0 cm³/mol. The zero-order valence-corrected chi connectivity index (χ0v) is 9.88. The first-order valence-electron chi connectivity index (χ1n) is 5.03. The number of ether oxygens (including phenoxy) is 2. The average molecular weight is 273 g/mol. The summed E-state index contributed by atoms with van der Waals surface area (Å²) in [7, 11) is 1.20. The molecule has 0 aliphatic rings. The number of methoxy groups -OCH3 is 1. The fourth-order valence-corrected chi connectivity index (χ4v) is 1.12. The van der Waals surface area contributed by atoms with E-state index in [9.17, 15) is 18.0 Å². The van der Waals surface area contributed by atoms with Crippen molar-refractivity contribution >= 4 is 11.7 Å². The van der Waals surface area contributed by atoms with Crippen molar-refractivity contribution in [3.05, 3.63) is 23.8 Å². The van der Waals surface area contributed by atoms with E-state index >= 15 is 0 Å².